The van der Waals surface area contributed by atoms with Crippen LogP contribution >= 0.6 is 0 Å². The zero-order valence-electron chi connectivity index (χ0n) is 16.4. The molecule has 136 valence electrons. The molecule has 2 aliphatic heterocycles. The molecule has 0 saturated carbocycles. The van der Waals surface area contributed by atoms with Crippen LogP contribution in [-0.2, 0) is 14.2 Å². The van der Waals surface area contributed by atoms with E-state index in [4.69, 9.17) is 14.2 Å². The molecule has 2 fully saturated rings. The highest BCUT2D eigenvalue weighted by atomic mass is 16.7. The Hall–Kier alpha value is -0.120. The van der Waals surface area contributed by atoms with Gasteiger partial charge in [0, 0.05) is 5.92 Å². The maximum Gasteiger partial charge on any atom is 0.161 e. The number of rotatable bonds is 4. The van der Waals surface area contributed by atoms with Gasteiger partial charge < -0.3 is 14.2 Å². The van der Waals surface area contributed by atoms with Crippen LogP contribution in [0.2, 0.25) is 0 Å². The molecule has 0 radical (unpaired) electrons. The standard InChI is InChI=1S/C20H38O3/c1-9-17-13(5)11(3)15(7)20(22-17)23-19-14(6)12(4)16(8)21-18(19)10-2/h11-20H,9-10H2,1-8H3/t11-,12?,13-,14+,15?,16?,17?,18?,19-,20+/m0/s1. The monoisotopic (exact) mass is 326 g/mol. The van der Waals surface area contributed by atoms with E-state index in [1.54, 1.807) is 0 Å². The fourth-order valence-corrected chi connectivity index (χ4v) is 4.35. The second-order valence-corrected chi connectivity index (χ2v) is 8.14. The van der Waals surface area contributed by atoms with Crippen LogP contribution in [0.4, 0.5) is 0 Å². The van der Waals surface area contributed by atoms with Crippen molar-refractivity contribution in [2.45, 2.75) is 98.9 Å². The Morgan fingerprint density at radius 2 is 1.26 bits per heavy atom. The first-order valence-electron chi connectivity index (χ1n) is 9.78. The third-order valence-electron chi connectivity index (χ3n) is 6.92. The van der Waals surface area contributed by atoms with Gasteiger partial charge in [-0.1, -0.05) is 48.5 Å². The van der Waals surface area contributed by atoms with Crippen LogP contribution in [0.15, 0.2) is 0 Å². The van der Waals surface area contributed by atoms with E-state index in [0.29, 0.717) is 41.8 Å². The first-order valence-corrected chi connectivity index (χ1v) is 9.78. The first kappa shape index (κ1) is 19.2. The third-order valence-corrected chi connectivity index (χ3v) is 6.92. The largest absolute Gasteiger partial charge is 0.372 e. The van der Waals surface area contributed by atoms with Crippen molar-refractivity contribution in [3.05, 3.63) is 0 Å². The predicted molar refractivity (Wildman–Crippen MR) is 94.3 cm³/mol. The molecule has 0 N–H and O–H groups in total. The van der Waals surface area contributed by atoms with Crippen LogP contribution in [0, 0.1) is 29.6 Å². The number of ether oxygens (including phenoxy) is 3. The quantitative estimate of drug-likeness (QED) is 0.736. The van der Waals surface area contributed by atoms with Gasteiger partial charge in [-0.05, 0) is 43.4 Å². The van der Waals surface area contributed by atoms with Gasteiger partial charge in [0.05, 0.1) is 24.4 Å². The molecule has 10 atom stereocenters. The number of hydrogen-bond acceptors (Lipinski definition) is 3. The SMILES string of the molecule is CCC1O[C@H](O[C@@H]2C(CC)OC(C)C(C)[C@H]2C)C(C)[C@@H](C)[C@@H]1C. The van der Waals surface area contributed by atoms with Gasteiger partial charge in [0.15, 0.2) is 6.29 Å². The highest BCUT2D eigenvalue weighted by molar-refractivity contribution is 4.89. The molecule has 2 aliphatic rings. The minimum absolute atomic E-state index is 0.100. The molecule has 0 amide bonds. The van der Waals surface area contributed by atoms with Crippen molar-refractivity contribution in [3.8, 4) is 0 Å². The lowest BCUT2D eigenvalue weighted by molar-refractivity contribution is -0.299. The molecule has 0 aromatic carbocycles. The predicted octanol–water partition coefficient (Wildman–Crippen LogP) is 4.88. The molecule has 3 heteroatoms. The molecular weight excluding hydrogens is 288 g/mol. The summed E-state index contributed by atoms with van der Waals surface area (Å²) in [6, 6.07) is 0. The van der Waals surface area contributed by atoms with Gasteiger partial charge in [-0.15, -0.1) is 0 Å². The first-order chi connectivity index (χ1) is 10.8. The normalized spacial score (nSPS) is 51.7. The molecule has 0 aromatic heterocycles. The number of hydrogen-bond donors (Lipinski definition) is 0. The summed E-state index contributed by atoms with van der Waals surface area (Å²) in [5.41, 5.74) is 0. The smallest absolute Gasteiger partial charge is 0.161 e. The molecule has 3 nitrogen and oxygen atoms in total. The second-order valence-electron chi connectivity index (χ2n) is 8.14. The average molecular weight is 327 g/mol. The molecule has 23 heavy (non-hydrogen) atoms. The zero-order chi connectivity index (χ0) is 17.3. The van der Waals surface area contributed by atoms with Crippen molar-refractivity contribution in [1.82, 2.24) is 0 Å². The van der Waals surface area contributed by atoms with Gasteiger partial charge in [0.2, 0.25) is 0 Å². The summed E-state index contributed by atoms with van der Waals surface area (Å²) in [6.07, 6.45) is 2.88. The molecule has 5 unspecified atom stereocenters. The highest BCUT2D eigenvalue weighted by Crippen LogP contribution is 2.40. The average Bonchev–Trinajstić information content (AvgIpc) is 2.55. The van der Waals surface area contributed by atoms with E-state index in [1.807, 2.05) is 0 Å². The van der Waals surface area contributed by atoms with Crippen LogP contribution in [0.5, 0.6) is 0 Å². The van der Waals surface area contributed by atoms with Crippen molar-refractivity contribution in [1.29, 1.82) is 0 Å². The van der Waals surface area contributed by atoms with Crippen LogP contribution in [0.1, 0.15) is 68.2 Å². The molecule has 2 saturated heterocycles. The van der Waals surface area contributed by atoms with Gasteiger partial charge in [-0.25, -0.2) is 0 Å². The zero-order valence-corrected chi connectivity index (χ0v) is 16.4. The fraction of sp³-hybridized carbons (Fsp3) is 1.00. The second kappa shape index (κ2) is 7.84. The fourth-order valence-electron chi connectivity index (χ4n) is 4.35. The Kier molecular flexibility index (Phi) is 6.55. The van der Waals surface area contributed by atoms with Crippen molar-refractivity contribution >= 4 is 0 Å². The van der Waals surface area contributed by atoms with Crippen molar-refractivity contribution in [3.63, 3.8) is 0 Å². The highest BCUT2D eigenvalue weighted by Gasteiger charge is 2.45. The molecular formula is C20H38O3. The van der Waals surface area contributed by atoms with E-state index in [2.05, 4.69) is 55.4 Å². The summed E-state index contributed by atoms with van der Waals surface area (Å²) < 4.78 is 19.2. The topological polar surface area (TPSA) is 27.7 Å². The lowest BCUT2D eigenvalue weighted by Crippen LogP contribution is -2.54. The summed E-state index contributed by atoms with van der Waals surface area (Å²) in [5, 5.41) is 0. The Labute approximate surface area is 143 Å². The molecule has 2 rings (SSSR count). The third kappa shape index (κ3) is 3.77. The molecule has 0 aromatic rings. The van der Waals surface area contributed by atoms with Gasteiger partial charge in [-0.2, -0.15) is 0 Å². The van der Waals surface area contributed by atoms with E-state index in [0.717, 1.165) is 12.8 Å². The van der Waals surface area contributed by atoms with Gasteiger partial charge >= 0.3 is 0 Å². The van der Waals surface area contributed by atoms with E-state index in [9.17, 15) is 0 Å². The lowest BCUT2D eigenvalue weighted by Gasteiger charge is -2.48. The van der Waals surface area contributed by atoms with Crippen LogP contribution < -0.4 is 0 Å². The van der Waals surface area contributed by atoms with Gasteiger partial charge in [0.25, 0.3) is 0 Å². The molecule has 0 spiro atoms. The van der Waals surface area contributed by atoms with Crippen molar-refractivity contribution < 1.29 is 14.2 Å². The summed E-state index contributed by atoms with van der Waals surface area (Å²) in [7, 11) is 0. The van der Waals surface area contributed by atoms with E-state index >= 15 is 0 Å². The summed E-state index contributed by atoms with van der Waals surface area (Å²) in [4.78, 5) is 0. The maximum absolute atomic E-state index is 6.58. The van der Waals surface area contributed by atoms with Gasteiger partial charge in [-0.3, -0.25) is 0 Å². The molecule has 0 aliphatic carbocycles. The van der Waals surface area contributed by atoms with Crippen molar-refractivity contribution in [2.24, 2.45) is 29.6 Å². The van der Waals surface area contributed by atoms with E-state index < -0.39 is 0 Å². The van der Waals surface area contributed by atoms with Crippen LogP contribution in [-0.4, -0.2) is 30.7 Å². The minimum Gasteiger partial charge on any atom is -0.372 e. The van der Waals surface area contributed by atoms with E-state index in [1.165, 1.54) is 0 Å². The maximum atomic E-state index is 6.58. The van der Waals surface area contributed by atoms with Gasteiger partial charge in [0.1, 0.15) is 0 Å². The Bertz CT molecular complexity index is 368. The molecule has 2 heterocycles. The van der Waals surface area contributed by atoms with Crippen LogP contribution in [0.25, 0.3) is 0 Å². The van der Waals surface area contributed by atoms with Crippen molar-refractivity contribution in [2.75, 3.05) is 0 Å². The Morgan fingerprint density at radius 1 is 0.652 bits per heavy atom. The minimum atomic E-state index is -0.100. The lowest BCUT2D eigenvalue weighted by atomic mass is 9.77. The summed E-state index contributed by atoms with van der Waals surface area (Å²) >= 11 is 0. The molecule has 0 bridgehead atoms. The summed E-state index contributed by atoms with van der Waals surface area (Å²) in [6.45, 7) is 18.1. The Balaban J connectivity index is 2.11. The Morgan fingerprint density at radius 3 is 1.83 bits per heavy atom. The van der Waals surface area contributed by atoms with Crippen LogP contribution in [0.3, 0.4) is 0 Å². The summed E-state index contributed by atoms with van der Waals surface area (Å²) in [5.74, 6) is 2.65. The van der Waals surface area contributed by atoms with E-state index in [-0.39, 0.29) is 18.5 Å².